The van der Waals surface area contributed by atoms with Gasteiger partial charge in [-0.25, -0.2) is 0 Å². The normalized spacial score (nSPS) is 33.3. The molecule has 5 heteroatoms. The van der Waals surface area contributed by atoms with E-state index in [4.69, 9.17) is 13.9 Å². The third-order valence-electron chi connectivity index (χ3n) is 5.36. The highest BCUT2D eigenvalue weighted by molar-refractivity contribution is 6.69. The van der Waals surface area contributed by atoms with Gasteiger partial charge in [0.1, 0.15) is 0 Å². The summed E-state index contributed by atoms with van der Waals surface area (Å²) in [4.78, 5) is 12.7. The van der Waals surface area contributed by atoms with Crippen molar-refractivity contribution in [3.63, 3.8) is 0 Å². The Morgan fingerprint density at radius 3 is 2.58 bits per heavy atom. The smallest absolute Gasteiger partial charge is 0.311 e. The number of rotatable bonds is 8. The summed E-state index contributed by atoms with van der Waals surface area (Å²) < 4.78 is 18.4. The topological polar surface area (TPSA) is 44.8 Å². The minimum atomic E-state index is -1.78. The van der Waals surface area contributed by atoms with Gasteiger partial charge in [-0.3, -0.25) is 4.79 Å². The predicted molar refractivity (Wildman–Crippen MR) is 98.5 cm³/mol. The summed E-state index contributed by atoms with van der Waals surface area (Å²) in [7, 11) is -1.78. The van der Waals surface area contributed by atoms with E-state index in [-0.39, 0.29) is 23.6 Å². The minimum Gasteiger partial charge on any atom is -0.466 e. The molecule has 0 aromatic carbocycles. The summed E-state index contributed by atoms with van der Waals surface area (Å²) >= 11 is 0. The Morgan fingerprint density at radius 1 is 1.21 bits per heavy atom. The number of carbonyl (C=O) groups excluding carboxylic acids is 1. The summed E-state index contributed by atoms with van der Waals surface area (Å²) in [6, 6.07) is 0. The van der Waals surface area contributed by atoms with E-state index in [2.05, 4.69) is 26.6 Å². The van der Waals surface area contributed by atoms with Crippen molar-refractivity contribution in [2.75, 3.05) is 13.2 Å². The van der Waals surface area contributed by atoms with Crippen molar-refractivity contribution in [1.82, 2.24) is 0 Å². The molecule has 0 N–H and O–H groups in total. The van der Waals surface area contributed by atoms with Crippen molar-refractivity contribution >= 4 is 14.3 Å². The first kappa shape index (κ1) is 19.9. The van der Waals surface area contributed by atoms with Crippen molar-refractivity contribution in [2.24, 2.45) is 11.8 Å². The van der Waals surface area contributed by atoms with Gasteiger partial charge in [-0.2, -0.15) is 0 Å². The number of ether oxygens (including phenoxy) is 2. The van der Waals surface area contributed by atoms with Crippen molar-refractivity contribution in [2.45, 2.75) is 90.1 Å². The van der Waals surface area contributed by atoms with E-state index in [0.29, 0.717) is 12.5 Å². The first-order valence-corrected chi connectivity index (χ1v) is 13.2. The maximum atomic E-state index is 12.7. The average Bonchev–Trinajstić information content (AvgIpc) is 2.80. The standard InChI is InChI=1S/C19H36O4Si/c1-6-8-13-22-17-14-16(18(20)21-7-2)19(23-24(3,4)5)12-10-9-11-15(17)19/h15-17H,6-14H2,1-5H3. The Bertz CT molecular complexity index is 420. The Labute approximate surface area is 148 Å². The van der Waals surface area contributed by atoms with Gasteiger partial charge >= 0.3 is 5.97 Å². The molecule has 140 valence electrons. The molecular formula is C19H36O4Si. The van der Waals surface area contributed by atoms with Gasteiger partial charge < -0.3 is 13.9 Å². The maximum Gasteiger partial charge on any atom is 0.311 e. The fourth-order valence-corrected chi connectivity index (χ4v) is 6.13. The molecule has 24 heavy (non-hydrogen) atoms. The van der Waals surface area contributed by atoms with E-state index < -0.39 is 8.32 Å². The Morgan fingerprint density at radius 2 is 1.96 bits per heavy atom. The van der Waals surface area contributed by atoms with Crippen LogP contribution in [0.15, 0.2) is 0 Å². The lowest BCUT2D eigenvalue weighted by Gasteiger charge is -2.47. The lowest BCUT2D eigenvalue weighted by molar-refractivity contribution is -0.158. The zero-order valence-electron chi connectivity index (χ0n) is 16.2. The highest BCUT2D eigenvalue weighted by Crippen LogP contribution is 2.54. The van der Waals surface area contributed by atoms with Crippen LogP contribution in [0.1, 0.15) is 58.8 Å². The highest BCUT2D eigenvalue weighted by Gasteiger charge is 2.61. The quantitative estimate of drug-likeness (QED) is 0.364. The first-order chi connectivity index (χ1) is 11.3. The van der Waals surface area contributed by atoms with Gasteiger partial charge in [-0.15, -0.1) is 0 Å². The van der Waals surface area contributed by atoms with Crippen LogP contribution in [0.4, 0.5) is 0 Å². The molecule has 2 saturated carbocycles. The molecule has 0 aromatic rings. The molecule has 4 nitrogen and oxygen atoms in total. The lowest BCUT2D eigenvalue weighted by Crippen LogP contribution is -2.54. The van der Waals surface area contributed by atoms with Gasteiger partial charge in [-0.05, 0) is 52.2 Å². The summed E-state index contributed by atoms with van der Waals surface area (Å²) in [6.45, 7) is 12.0. The fourth-order valence-electron chi connectivity index (χ4n) is 4.59. The molecule has 2 fully saturated rings. The molecule has 0 saturated heterocycles. The second kappa shape index (κ2) is 8.32. The van der Waals surface area contributed by atoms with E-state index in [1.807, 2.05) is 6.92 Å². The molecule has 0 spiro atoms. The number of fused-ring (bicyclic) bond motifs is 1. The number of hydrogen-bond acceptors (Lipinski definition) is 4. The summed E-state index contributed by atoms with van der Waals surface area (Å²) in [6.07, 6.45) is 7.55. The molecule has 4 unspecified atom stereocenters. The molecule has 0 radical (unpaired) electrons. The van der Waals surface area contributed by atoms with Gasteiger partial charge in [-0.1, -0.05) is 26.2 Å². The molecule has 2 aliphatic carbocycles. The van der Waals surface area contributed by atoms with Crippen molar-refractivity contribution < 1.29 is 18.7 Å². The SMILES string of the molecule is CCCCOC1CC(C(=O)OCC)C2(O[Si](C)(C)C)CCCCC12. The molecule has 0 bridgehead atoms. The van der Waals surface area contributed by atoms with Crippen LogP contribution in [-0.2, 0) is 18.7 Å². The van der Waals surface area contributed by atoms with Crippen molar-refractivity contribution in [3.8, 4) is 0 Å². The van der Waals surface area contributed by atoms with Gasteiger partial charge in [0.15, 0.2) is 8.32 Å². The monoisotopic (exact) mass is 356 g/mol. The highest BCUT2D eigenvalue weighted by atomic mass is 28.4. The number of esters is 1. The van der Waals surface area contributed by atoms with Crippen LogP contribution in [-0.4, -0.2) is 39.2 Å². The summed E-state index contributed by atoms with van der Waals surface area (Å²) in [5, 5.41) is 0. The Kier molecular flexibility index (Phi) is 6.91. The van der Waals surface area contributed by atoms with Crippen LogP contribution >= 0.6 is 0 Å². The molecule has 0 amide bonds. The number of carbonyl (C=O) groups is 1. The second-order valence-corrected chi connectivity index (χ2v) is 12.8. The Hall–Kier alpha value is -0.393. The summed E-state index contributed by atoms with van der Waals surface area (Å²) in [5.74, 6) is 0.0922. The van der Waals surface area contributed by atoms with Crippen LogP contribution < -0.4 is 0 Å². The zero-order valence-corrected chi connectivity index (χ0v) is 17.2. The van der Waals surface area contributed by atoms with E-state index in [1.54, 1.807) is 0 Å². The van der Waals surface area contributed by atoms with Crippen LogP contribution in [0.3, 0.4) is 0 Å². The molecule has 2 aliphatic rings. The van der Waals surface area contributed by atoms with E-state index in [9.17, 15) is 4.79 Å². The average molecular weight is 357 g/mol. The van der Waals surface area contributed by atoms with Crippen LogP contribution in [0, 0.1) is 11.8 Å². The van der Waals surface area contributed by atoms with Crippen molar-refractivity contribution in [1.29, 1.82) is 0 Å². The minimum absolute atomic E-state index is 0.0794. The Balaban J connectivity index is 2.27. The number of unbranched alkanes of at least 4 members (excludes halogenated alkanes) is 1. The molecule has 4 atom stereocenters. The molecular weight excluding hydrogens is 320 g/mol. The molecule has 2 rings (SSSR count). The largest absolute Gasteiger partial charge is 0.466 e. The van der Waals surface area contributed by atoms with Crippen molar-refractivity contribution in [3.05, 3.63) is 0 Å². The van der Waals surface area contributed by atoms with E-state index in [1.165, 1.54) is 6.42 Å². The predicted octanol–water partition coefficient (Wildman–Crippen LogP) is 4.54. The molecule has 0 aromatic heterocycles. The van der Waals surface area contributed by atoms with E-state index >= 15 is 0 Å². The fraction of sp³-hybridized carbons (Fsp3) is 0.947. The van der Waals surface area contributed by atoms with Crippen LogP contribution in [0.2, 0.25) is 19.6 Å². The maximum absolute atomic E-state index is 12.7. The van der Waals surface area contributed by atoms with Gasteiger partial charge in [0, 0.05) is 12.5 Å². The van der Waals surface area contributed by atoms with E-state index in [0.717, 1.165) is 45.1 Å². The first-order valence-electron chi connectivity index (χ1n) is 9.82. The van der Waals surface area contributed by atoms with Gasteiger partial charge in [0.25, 0.3) is 0 Å². The third-order valence-corrected chi connectivity index (χ3v) is 6.36. The second-order valence-electron chi connectivity index (χ2n) is 8.32. The van der Waals surface area contributed by atoms with Crippen LogP contribution in [0.5, 0.6) is 0 Å². The molecule has 0 heterocycles. The summed E-state index contributed by atoms with van der Waals surface area (Å²) in [5.41, 5.74) is -0.355. The lowest BCUT2D eigenvalue weighted by atomic mass is 9.73. The van der Waals surface area contributed by atoms with Crippen LogP contribution in [0.25, 0.3) is 0 Å². The third kappa shape index (κ3) is 4.41. The van der Waals surface area contributed by atoms with Gasteiger partial charge in [0.2, 0.25) is 0 Å². The molecule has 0 aliphatic heterocycles. The van der Waals surface area contributed by atoms with Gasteiger partial charge in [0.05, 0.1) is 24.2 Å². The number of hydrogen-bond donors (Lipinski definition) is 0. The zero-order chi connectivity index (χ0) is 17.8.